The molecular formula is C19H18N4O4S2. The van der Waals surface area contributed by atoms with Gasteiger partial charge in [-0.2, -0.15) is 0 Å². The average Bonchev–Trinajstić information content (AvgIpc) is 3.22. The molecule has 0 spiro atoms. The molecule has 0 radical (unpaired) electrons. The highest BCUT2D eigenvalue weighted by Crippen LogP contribution is 2.35. The number of para-hydroxylation sites is 2. The molecule has 1 aliphatic rings. The molecule has 0 saturated carbocycles. The van der Waals surface area contributed by atoms with Crippen LogP contribution >= 0.6 is 11.3 Å². The fourth-order valence-corrected chi connectivity index (χ4v) is 4.79. The lowest BCUT2D eigenvalue weighted by Crippen LogP contribution is -2.49. The predicted octanol–water partition coefficient (Wildman–Crippen LogP) is 2.76. The first-order chi connectivity index (χ1) is 14.0. The van der Waals surface area contributed by atoms with Crippen LogP contribution in [-0.2, 0) is 14.8 Å². The number of amides is 1. The van der Waals surface area contributed by atoms with Gasteiger partial charge in [-0.25, -0.2) is 8.42 Å². The Balaban J connectivity index is 1.55. The van der Waals surface area contributed by atoms with E-state index in [0.717, 1.165) is 5.56 Å². The van der Waals surface area contributed by atoms with E-state index in [9.17, 15) is 13.2 Å². The Morgan fingerprint density at radius 3 is 2.66 bits per heavy atom. The summed E-state index contributed by atoms with van der Waals surface area (Å²) in [5.74, 6) is -0.211. The van der Waals surface area contributed by atoms with Gasteiger partial charge in [0.25, 0.3) is 5.91 Å². The molecule has 1 aromatic heterocycles. The van der Waals surface area contributed by atoms with Gasteiger partial charge in [0.15, 0.2) is 6.10 Å². The molecule has 10 heteroatoms. The SMILES string of the molecule is CCS(=O)(=O)N1C[C@@H](C(=O)Nc2nnc(-c3ccccc3)s2)Oc2ccccc21. The molecule has 0 saturated heterocycles. The molecule has 1 atom stereocenters. The van der Waals surface area contributed by atoms with Crippen LogP contribution in [0.2, 0.25) is 0 Å². The summed E-state index contributed by atoms with van der Waals surface area (Å²) < 4.78 is 32.0. The lowest BCUT2D eigenvalue weighted by atomic mass is 10.2. The molecule has 2 heterocycles. The number of anilines is 2. The van der Waals surface area contributed by atoms with Crippen LogP contribution in [0.3, 0.4) is 0 Å². The third kappa shape index (κ3) is 3.94. The molecule has 1 amide bonds. The van der Waals surface area contributed by atoms with Crippen molar-refractivity contribution >= 4 is 38.1 Å². The standard InChI is InChI=1S/C19H18N4O4S2/c1-2-29(25,26)23-12-16(27-15-11-7-6-10-14(15)23)17(24)20-19-22-21-18(28-19)13-8-4-3-5-9-13/h3-11,16H,2,12H2,1H3,(H,20,22,24)/t16-/m0/s1. The van der Waals surface area contributed by atoms with E-state index in [1.165, 1.54) is 15.6 Å². The number of carbonyl (C=O) groups is 1. The third-order valence-electron chi connectivity index (χ3n) is 4.40. The number of nitrogens with one attached hydrogen (secondary N) is 1. The Bertz CT molecular complexity index is 1130. The number of fused-ring (bicyclic) bond motifs is 1. The molecule has 0 unspecified atom stereocenters. The van der Waals surface area contributed by atoms with Crippen molar-refractivity contribution in [3.63, 3.8) is 0 Å². The molecule has 29 heavy (non-hydrogen) atoms. The lowest BCUT2D eigenvalue weighted by Gasteiger charge is -2.34. The number of hydrogen-bond acceptors (Lipinski definition) is 7. The van der Waals surface area contributed by atoms with Gasteiger partial charge in [0.2, 0.25) is 15.2 Å². The minimum atomic E-state index is -3.56. The zero-order valence-corrected chi connectivity index (χ0v) is 17.1. The molecule has 4 rings (SSSR count). The van der Waals surface area contributed by atoms with Gasteiger partial charge in [0.1, 0.15) is 10.8 Å². The number of rotatable bonds is 5. The highest BCUT2D eigenvalue weighted by molar-refractivity contribution is 7.92. The lowest BCUT2D eigenvalue weighted by molar-refractivity contribution is -0.122. The predicted molar refractivity (Wildman–Crippen MR) is 112 cm³/mol. The van der Waals surface area contributed by atoms with E-state index in [0.29, 0.717) is 21.6 Å². The summed E-state index contributed by atoms with van der Waals surface area (Å²) in [6.45, 7) is 1.46. The summed E-state index contributed by atoms with van der Waals surface area (Å²) in [4.78, 5) is 12.8. The van der Waals surface area contributed by atoms with Gasteiger partial charge in [0, 0.05) is 5.56 Å². The van der Waals surface area contributed by atoms with E-state index in [1.807, 2.05) is 30.3 Å². The highest BCUT2D eigenvalue weighted by atomic mass is 32.2. The van der Waals surface area contributed by atoms with E-state index in [1.54, 1.807) is 31.2 Å². The summed E-state index contributed by atoms with van der Waals surface area (Å²) in [5, 5.41) is 11.8. The second-order valence-electron chi connectivity index (χ2n) is 6.27. The molecule has 0 bridgehead atoms. The second-order valence-corrected chi connectivity index (χ2v) is 9.43. The van der Waals surface area contributed by atoms with Crippen LogP contribution in [0.5, 0.6) is 5.75 Å². The second kappa shape index (κ2) is 7.80. The fraction of sp³-hybridized carbons (Fsp3) is 0.211. The smallest absolute Gasteiger partial charge is 0.269 e. The van der Waals surface area contributed by atoms with Crippen LogP contribution in [0, 0.1) is 0 Å². The van der Waals surface area contributed by atoms with E-state index < -0.39 is 22.0 Å². The van der Waals surface area contributed by atoms with Gasteiger partial charge < -0.3 is 4.74 Å². The first-order valence-electron chi connectivity index (χ1n) is 8.94. The van der Waals surface area contributed by atoms with Crippen LogP contribution < -0.4 is 14.4 Å². The van der Waals surface area contributed by atoms with Crippen LogP contribution in [0.25, 0.3) is 10.6 Å². The van der Waals surface area contributed by atoms with Crippen molar-refractivity contribution in [2.45, 2.75) is 13.0 Å². The molecule has 0 aliphatic carbocycles. The van der Waals surface area contributed by atoms with Gasteiger partial charge in [-0.05, 0) is 19.1 Å². The van der Waals surface area contributed by atoms with E-state index in [-0.39, 0.29) is 12.3 Å². The molecule has 8 nitrogen and oxygen atoms in total. The third-order valence-corrected chi connectivity index (χ3v) is 7.04. The topological polar surface area (TPSA) is 101 Å². The maximum absolute atomic E-state index is 12.8. The van der Waals surface area contributed by atoms with Crippen molar-refractivity contribution in [1.29, 1.82) is 0 Å². The summed E-state index contributed by atoms with van der Waals surface area (Å²) in [5.41, 5.74) is 1.33. The molecular weight excluding hydrogens is 412 g/mol. The number of nitrogens with zero attached hydrogens (tertiary/aromatic N) is 3. The normalized spacial score (nSPS) is 16.0. The van der Waals surface area contributed by atoms with Gasteiger partial charge >= 0.3 is 0 Å². The van der Waals surface area contributed by atoms with Crippen LogP contribution in [-0.4, -0.2) is 42.9 Å². The summed E-state index contributed by atoms with van der Waals surface area (Å²) in [7, 11) is -3.56. The highest BCUT2D eigenvalue weighted by Gasteiger charge is 2.36. The van der Waals surface area contributed by atoms with Gasteiger partial charge in [-0.1, -0.05) is 53.8 Å². The van der Waals surface area contributed by atoms with Crippen molar-refractivity contribution in [3.05, 3.63) is 54.6 Å². The van der Waals surface area contributed by atoms with Crippen LogP contribution in [0.4, 0.5) is 10.8 Å². The Hall–Kier alpha value is -2.98. The number of ether oxygens (including phenoxy) is 1. The van der Waals surface area contributed by atoms with Gasteiger partial charge in [0.05, 0.1) is 18.0 Å². The maximum atomic E-state index is 12.8. The van der Waals surface area contributed by atoms with Crippen LogP contribution in [0.1, 0.15) is 6.92 Å². The fourth-order valence-electron chi connectivity index (χ4n) is 2.92. The Labute approximate surface area is 172 Å². The Morgan fingerprint density at radius 2 is 1.90 bits per heavy atom. The monoisotopic (exact) mass is 430 g/mol. The number of aromatic nitrogens is 2. The number of hydrogen-bond donors (Lipinski definition) is 1. The van der Waals surface area contributed by atoms with Crippen molar-refractivity contribution < 1.29 is 17.9 Å². The molecule has 1 N–H and O–H groups in total. The summed E-state index contributed by atoms with van der Waals surface area (Å²) >= 11 is 1.23. The van der Waals surface area contributed by atoms with Crippen molar-refractivity contribution in [2.24, 2.45) is 0 Å². The molecule has 150 valence electrons. The summed E-state index contributed by atoms with van der Waals surface area (Å²) in [6.07, 6.45) is -1.00. The van der Waals surface area contributed by atoms with Crippen molar-refractivity contribution in [2.75, 3.05) is 21.9 Å². The quantitative estimate of drug-likeness (QED) is 0.668. The largest absolute Gasteiger partial charge is 0.476 e. The van der Waals surface area contributed by atoms with Crippen molar-refractivity contribution in [3.8, 4) is 16.3 Å². The van der Waals surface area contributed by atoms with E-state index in [2.05, 4.69) is 15.5 Å². The first kappa shape index (κ1) is 19.3. The number of carbonyl (C=O) groups excluding carboxylic acids is 1. The average molecular weight is 431 g/mol. The molecule has 3 aromatic rings. The van der Waals surface area contributed by atoms with Crippen molar-refractivity contribution in [1.82, 2.24) is 10.2 Å². The first-order valence-corrected chi connectivity index (χ1v) is 11.4. The minimum absolute atomic E-state index is 0.0769. The van der Waals surface area contributed by atoms with E-state index in [4.69, 9.17) is 4.74 Å². The zero-order valence-electron chi connectivity index (χ0n) is 15.5. The Morgan fingerprint density at radius 1 is 1.17 bits per heavy atom. The number of benzene rings is 2. The zero-order chi connectivity index (χ0) is 20.4. The Kier molecular flexibility index (Phi) is 5.20. The summed E-state index contributed by atoms with van der Waals surface area (Å²) in [6, 6.07) is 16.3. The molecule has 1 aliphatic heterocycles. The molecule has 2 aromatic carbocycles. The maximum Gasteiger partial charge on any atom is 0.269 e. The number of sulfonamides is 1. The van der Waals surface area contributed by atoms with E-state index >= 15 is 0 Å². The van der Waals surface area contributed by atoms with Gasteiger partial charge in [-0.15, -0.1) is 10.2 Å². The minimum Gasteiger partial charge on any atom is -0.476 e. The molecule has 0 fully saturated rings. The van der Waals surface area contributed by atoms with Gasteiger partial charge in [-0.3, -0.25) is 14.4 Å². The van der Waals surface area contributed by atoms with Crippen LogP contribution in [0.15, 0.2) is 54.6 Å².